The third kappa shape index (κ3) is 2.19. The van der Waals surface area contributed by atoms with E-state index < -0.39 is 11.7 Å². The lowest BCUT2D eigenvalue weighted by Gasteiger charge is -2.65. The molecule has 0 bridgehead atoms. The van der Waals surface area contributed by atoms with Gasteiger partial charge in [-0.1, -0.05) is 26.8 Å². The summed E-state index contributed by atoms with van der Waals surface area (Å²) in [5, 5.41) is 11.0. The molecule has 6 atom stereocenters. The van der Waals surface area contributed by atoms with Crippen molar-refractivity contribution in [3.63, 3.8) is 0 Å². The molecule has 1 aliphatic heterocycles. The van der Waals surface area contributed by atoms with Gasteiger partial charge < -0.3 is 9.84 Å². The number of ether oxygens (including phenoxy) is 1. The van der Waals surface area contributed by atoms with Gasteiger partial charge in [0.05, 0.1) is 17.3 Å². The van der Waals surface area contributed by atoms with Gasteiger partial charge in [0.2, 0.25) is 0 Å². The number of hydrogen-bond donors (Lipinski definition) is 1. The van der Waals surface area contributed by atoms with Crippen molar-refractivity contribution in [2.75, 3.05) is 0 Å². The van der Waals surface area contributed by atoms with Crippen LogP contribution in [0.3, 0.4) is 0 Å². The fourth-order valence-electron chi connectivity index (χ4n) is 6.11. The molecule has 1 saturated heterocycles. The number of hydrogen-bond acceptors (Lipinski definition) is 3. The molecule has 0 unspecified atom stereocenters. The van der Waals surface area contributed by atoms with E-state index in [0.717, 1.165) is 19.3 Å². The molecule has 130 valence electrons. The third-order valence-corrected chi connectivity index (χ3v) is 7.70. The van der Waals surface area contributed by atoms with Crippen LogP contribution in [0.5, 0.6) is 0 Å². The molecule has 2 saturated carbocycles. The molecule has 0 spiro atoms. The molecular weight excluding hydrogens is 288 g/mol. The van der Waals surface area contributed by atoms with Gasteiger partial charge in [0.25, 0.3) is 0 Å². The van der Waals surface area contributed by atoms with Crippen LogP contribution in [-0.4, -0.2) is 28.2 Å². The van der Waals surface area contributed by atoms with E-state index >= 15 is 0 Å². The molecule has 0 aromatic heterocycles. The van der Waals surface area contributed by atoms with Gasteiger partial charge in [-0.25, -0.2) is 0 Å². The average Bonchev–Trinajstić information content (AvgIpc) is 2.47. The van der Waals surface area contributed by atoms with E-state index in [-0.39, 0.29) is 28.3 Å². The Labute approximate surface area is 140 Å². The Morgan fingerprint density at radius 2 is 1.83 bits per heavy atom. The standard InChI is InChI=1S/C20H32O3/c1-7-18(4)10-8-13-19(5)11-9-15(21)17(2,3)14(19)12-16(22)20(13,6)23-18/h7,13-14,16,22H,1,8-12H2,2-6H3/t13-,14+,16+,18-,19-,20+/m0/s1. The fraction of sp³-hybridized carbons (Fsp3) is 0.850. The first-order valence-electron chi connectivity index (χ1n) is 9.05. The SMILES string of the molecule is C=C[C@@]1(C)CC[C@H]2[C@]3(C)CCC(=O)C(C)(C)[C@H]3C[C@@H](O)[C@]2(C)O1. The smallest absolute Gasteiger partial charge is 0.138 e. The van der Waals surface area contributed by atoms with Crippen LogP contribution in [-0.2, 0) is 9.53 Å². The topological polar surface area (TPSA) is 46.5 Å². The van der Waals surface area contributed by atoms with Crippen LogP contribution in [0.2, 0.25) is 0 Å². The predicted molar refractivity (Wildman–Crippen MR) is 91.1 cm³/mol. The minimum absolute atomic E-state index is 0.0495. The monoisotopic (exact) mass is 320 g/mol. The van der Waals surface area contributed by atoms with Gasteiger partial charge in [0.15, 0.2) is 0 Å². The molecule has 1 heterocycles. The zero-order valence-electron chi connectivity index (χ0n) is 15.3. The van der Waals surface area contributed by atoms with Gasteiger partial charge in [-0.2, -0.15) is 0 Å². The van der Waals surface area contributed by atoms with Gasteiger partial charge in [-0.3, -0.25) is 4.79 Å². The van der Waals surface area contributed by atoms with Crippen LogP contribution in [0.4, 0.5) is 0 Å². The Morgan fingerprint density at radius 1 is 1.17 bits per heavy atom. The molecule has 0 amide bonds. The van der Waals surface area contributed by atoms with Crippen LogP contribution in [0.25, 0.3) is 0 Å². The number of aliphatic hydroxyl groups is 1. The molecule has 3 fully saturated rings. The second-order valence-corrected chi connectivity index (χ2v) is 9.35. The van der Waals surface area contributed by atoms with E-state index in [2.05, 4.69) is 41.2 Å². The number of fused-ring (bicyclic) bond motifs is 3. The Morgan fingerprint density at radius 3 is 2.43 bits per heavy atom. The maximum atomic E-state index is 12.5. The summed E-state index contributed by atoms with van der Waals surface area (Å²) >= 11 is 0. The number of Topliss-reactive ketones (excluding diaryl/α,β-unsaturated/α-hetero) is 1. The molecule has 3 rings (SSSR count). The summed E-state index contributed by atoms with van der Waals surface area (Å²) < 4.78 is 6.48. The highest BCUT2D eigenvalue weighted by Crippen LogP contribution is 2.64. The molecule has 0 radical (unpaired) electrons. The number of carbonyl (C=O) groups is 1. The first-order chi connectivity index (χ1) is 10.5. The number of aliphatic hydroxyl groups excluding tert-OH is 1. The lowest BCUT2D eigenvalue weighted by atomic mass is 9.43. The van der Waals surface area contributed by atoms with E-state index in [1.165, 1.54) is 0 Å². The van der Waals surface area contributed by atoms with Crippen molar-refractivity contribution in [3.8, 4) is 0 Å². The van der Waals surface area contributed by atoms with Crippen molar-refractivity contribution < 1.29 is 14.6 Å². The second-order valence-electron chi connectivity index (χ2n) is 9.35. The third-order valence-electron chi connectivity index (χ3n) is 7.70. The van der Waals surface area contributed by atoms with Crippen molar-refractivity contribution >= 4 is 5.78 Å². The first-order valence-corrected chi connectivity index (χ1v) is 9.05. The molecule has 0 aromatic rings. The number of rotatable bonds is 1. The summed E-state index contributed by atoms with van der Waals surface area (Å²) in [5.74, 6) is 0.855. The highest BCUT2D eigenvalue weighted by molar-refractivity contribution is 5.85. The van der Waals surface area contributed by atoms with E-state index in [4.69, 9.17) is 4.74 Å². The zero-order chi connectivity index (χ0) is 17.3. The largest absolute Gasteiger partial charge is 0.390 e. The minimum Gasteiger partial charge on any atom is -0.390 e. The van der Waals surface area contributed by atoms with Crippen molar-refractivity contribution in [1.29, 1.82) is 0 Å². The van der Waals surface area contributed by atoms with Gasteiger partial charge >= 0.3 is 0 Å². The molecular formula is C20H32O3. The summed E-state index contributed by atoms with van der Waals surface area (Å²) in [6.45, 7) is 14.6. The van der Waals surface area contributed by atoms with Crippen molar-refractivity contribution in [2.45, 2.75) is 84.0 Å². The summed E-state index contributed by atoms with van der Waals surface area (Å²) in [4.78, 5) is 12.5. The van der Waals surface area contributed by atoms with E-state index in [1.807, 2.05) is 6.08 Å². The van der Waals surface area contributed by atoms with Crippen LogP contribution < -0.4 is 0 Å². The van der Waals surface area contributed by atoms with Gasteiger partial charge in [-0.05, 0) is 56.8 Å². The Balaban J connectivity index is 2.03. The summed E-state index contributed by atoms with van der Waals surface area (Å²) in [6, 6.07) is 0. The van der Waals surface area contributed by atoms with E-state index in [0.29, 0.717) is 18.6 Å². The van der Waals surface area contributed by atoms with Crippen molar-refractivity contribution in [1.82, 2.24) is 0 Å². The summed E-state index contributed by atoms with van der Waals surface area (Å²) in [5.41, 5.74) is -1.22. The lowest BCUT2D eigenvalue weighted by Crippen LogP contribution is -2.68. The Bertz CT molecular complexity index is 539. The van der Waals surface area contributed by atoms with Crippen LogP contribution in [0.1, 0.15) is 66.7 Å². The van der Waals surface area contributed by atoms with Crippen molar-refractivity contribution in [2.24, 2.45) is 22.7 Å². The highest BCUT2D eigenvalue weighted by Gasteiger charge is 2.65. The van der Waals surface area contributed by atoms with Gasteiger partial charge in [-0.15, -0.1) is 6.58 Å². The second kappa shape index (κ2) is 4.92. The number of carbonyl (C=O) groups excluding carboxylic acids is 1. The molecule has 3 heteroatoms. The molecule has 3 nitrogen and oxygen atoms in total. The van der Waals surface area contributed by atoms with Crippen LogP contribution in [0, 0.1) is 22.7 Å². The number of ketones is 1. The Kier molecular flexibility index (Phi) is 3.67. The maximum absolute atomic E-state index is 12.5. The highest BCUT2D eigenvalue weighted by atomic mass is 16.5. The quantitative estimate of drug-likeness (QED) is 0.746. The van der Waals surface area contributed by atoms with Crippen molar-refractivity contribution in [3.05, 3.63) is 12.7 Å². The Hall–Kier alpha value is -0.670. The molecule has 1 N–H and O–H groups in total. The zero-order valence-corrected chi connectivity index (χ0v) is 15.3. The predicted octanol–water partition coefficient (Wildman–Crippen LogP) is 3.89. The normalized spacial score (nSPS) is 52.4. The van der Waals surface area contributed by atoms with E-state index in [1.54, 1.807) is 0 Å². The van der Waals surface area contributed by atoms with Gasteiger partial charge in [0.1, 0.15) is 5.78 Å². The summed E-state index contributed by atoms with van der Waals surface area (Å²) in [6.07, 6.45) is 5.52. The molecule has 0 aromatic carbocycles. The average molecular weight is 320 g/mol. The van der Waals surface area contributed by atoms with Gasteiger partial charge in [0, 0.05) is 11.8 Å². The fourth-order valence-corrected chi connectivity index (χ4v) is 6.11. The molecule has 2 aliphatic carbocycles. The lowest BCUT2D eigenvalue weighted by molar-refractivity contribution is -0.287. The molecule has 23 heavy (non-hydrogen) atoms. The summed E-state index contributed by atoms with van der Waals surface area (Å²) in [7, 11) is 0. The minimum atomic E-state index is -0.553. The van der Waals surface area contributed by atoms with E-state index in [9.17, 15) is 9.90 Å². The maximum Gasteiger partial charge on any atom is 0.138 e. The molecule has 3 aliphatic rings. The van der Waals surface area contributed by atoms with Crippen LogP contribution >= 0.6 is 0 Å². The van der Waals surface area contributed by atoms with Crippen LogP contribution in [0.15, 0.2) is 12.7 Å². The first kappa shape index (κ1) is 17.2.